The Balaban J connectivity index is 3.19. The summed E-state index contributed by atoms with van der Waals surface area (Å²) in [4.78, 5) is 11.8. The number of rotatable bonds is 5. The Bertz CT molecular complexity index is 391. The van der Waals surface area contributed by atoms with Crippen molar-refractivity contribution in [2.45, 2.75) is 19.3 Å². The number of hydrogen-bond donors (Lipinski definition) is 2. The average Bonchev–Trinajstić information content (AvgIpc) is 2.39. The second-order valence-corrected chi connectivity index (χ2v) is 3.83. The Morgan fingerprint density at radius 2 is 2.24 bits per heavy atom. The van der Waals surface area contributed by atoms with E-state index in [9.17, 15) is 4.79 Å². The summed E-state index contributed by atoms with van der Waals surface area (Å²) in [7, 11) is 3.21. The van der Waals surface area contributed by atoms with E-state index in [1.54, 1.807) is 14.2 Å². The Hall–Kier alpha value is -1.55. The second kappa shape index (κ2) is 6.25. The molecule has 1 rings (SSSR count). The van der Waals surface area contributed by atoms with Crippen molar-refractivity contribution in [2.24, 2.45) is 5.73 Å². The van der Waals surface area contributed by atoms with Gasteiger partial charge in [-0.1, -0.05) is 19.1 Å². The first kappa shape index (κ1) is 13.5. The molecule has 1 aromatic rings. The van der Waals surface area contributed by atoms with E-state index in [0.29, 0.717) is 5.75 Å². The third-order valence-electron chi connectivity index (χ3n) is 2.88. The minimum atomic E-state index is -0.360. The van der Waals surface area contributed by atoms with Gasteiger partial charge in [0.05, 0.1) is 13.0 Å². The lowest BCUT2D eigenvalue weighted by molar-refractivity contribution is -0.121. The van der Waals surface area contributed by atoms with Gasteiger partial charge in [0.2, 0.25) is 5.91 Å². The quantitative estimate of drug-likeness (QED) is 0.803. The summed E-state index contributed by atoms with van der Waals surface area (Å²) in [6.45, 7) is 2.34. The summed E-state index contributed by atoms with van der Waals surface area (Å²) < 4.78 is 5.29. The molecule has 0 aromatic heterocycles. The van der Waals surface area contributed by atoms with Crippen molar-refractivity contribution >= 4 is 5.91 Å². The SMILES string of the molecule is CCc1ccc(OC)c(C(CN)C(=O)NC)c1. The smallest absolute Gasteiger partial charge is 0.228 e. The molecule has 0 heterocycles. The first-order valence-corrected chi connectivity index (χ1v) is 5.76. The number of amides is 1. The summed E-state index contributed by atoms with van der Waals surface area (Å²) in [6.07, 6.45) is 0.919. The minimum absolute atomic E-state index is 0.0842. The maximum Gasteiger partial charge on any atom is 0.228 e. The van der Waals surface area contributed by atoms with Crippen LogP contribution in [0.4, 0.5) is 0 Å². The fraction of sp³-hybridized carbons (Fsp3) is 0.462. The van der Waals surface area contributed by atoms with Crippen molar-refractivity contribution in [3.63, 3.8) is 0 Å². The highest BCUT2D eigenvalue weighted by Gasteiger charge is 2.21. The zero-order valence-electron chi connectivity index (χ0n) is 10.6. The third kappa shape index (κ3) is 2.97. The minimum Gasteiger partial charge on any atom is -0.496 e. The molecule has 17 heavy (non-hydrogen) atoms. The number of nitrogens with one attached hydrogen (secondary N) is 1. The number of benzene rings is 1. The Morgan fingerprint density at radius 3 is 2.71 bits per heavy atom. The van der Waals surface area contributed by atoms with E-state index in [4.69, 9.17) is 10.5 Å². The molecule has 0 aliphatic rings. The Morgan fingerprint density at radius 1 is 1.53 bits per heavy atom. The van der Waals surface area contributed by atoms with Crippen LogP contribution in [0.15, 0.2) is 18.2 Å². The monoisotopic (exact) mass is 236 g/mol. The van der Waals surface area contributed by atoms with Crippen LogP contribution >= 0.6 is 0 Å². The zero-order chi connectivity index (χ0) is 12.8. The zero-order valence-corrected chi connectivity index (χ0v) is 10.6. The van der Waals surface area contributed by atoms with E-state index in [0.717, 1.165) is 12.0 Å². The van der Waals surface area contributed by atoms with Crippen LogP contribution in [0.1, 0.15) is 24.0 Å². The molecule has 0 saturated carbocycles. The van der Waals surface area contributed by atoms with Crippen molar-refractivity contribution in [3.05, 3.63) is 29.3 Å². The summed E-state index contributed by atoms with van der Waals surface area (Å²) in [5.74, 6) is 0.266. The highest BCUT2D eigenvalue weighted by atomic mass is 16.5. The molecule has 0 aliphatic carbocycles. The van der Waals surface area contributed by atoms with Gasteiger partial charge in [0.1, 0.15) is 5.75 Å². The molecule has 4 heteroatoms. The van der Waals surface area contributed by atoms with Crippen molar-refractivity contribution in [3.8, 4) is 5.75 Å². The van der Waals surface area contributed by atoms with Crippen LogP contribution in [0.3, 0.4) is 0 Å². The van der Waals surface area contributed by atoms with Gasteiger partial charge in [-0.25, -0.2) is 0 Å². The first-order chi connectivity index (χ1) is 8.17. The normalized spacial score (nSPS) is 12.0. The van der Waals surface area contributed by atoms with Crippen LogP contribution in [0.25, 0.3) is 0 Å². The average molecular weight is 236 g/mol. The number of hydrogen-bond acceptors (Lipinski definition) is 3. The molecule has 1 atom stereocenters. The largest absolute Gasteiger partial charge is 0.496 e. The number of nitrogens with two attached hydrogens (primary N) is 1. The summed E-state index contributed by atoms with van der Waals surface area (Å²) in [5, 5.41) is 2.63. The van der Waals surface area contributed by atoms with Crippen molar-refractivity contribution in [2.75, 3.05) is 20.7 Å². The Labute approximate surface area is 102 Å². The second-order valence-electron chi connectivity index (χ2n) is 3.83. The fourth-order valence-corrected chi connectivity index (χ4v) is 1.83. The van der Waals surface area contributed by atoms with Gasteiger partial charge in [0.15, 0.2) is 0 Å². The topological polar surface area (TPSA) is 64.3 Å². The maximum atomic E-state index is 11.8. The van der Waals surface area contributed by atoms with Gasteiger partial charge in [-0.3, -0.25) is 4.79 Å². The fourth-order valence-electron chi connectivity index (χ4n) is 1.83. The highest BCUT2D eigenvalue weighted by molar-refractivity contribution is 5.84. The number of aryl methyl sites for hydroxylation is 1. The molecule has 0 spiro atoms. The third-order valence-corrected chi connectivity index (χ3v) is 2.88. The van der Waals surface area contributed by atoms with E-state index >= 15 is 0 Å². The molecule has 1 aromatic carbocycles. The van der Waals surface area contributed by atoms with E-state index < -0.39 is 0 Å². The lowest BCUT2D eigenvalue weighted by Gasteiger charge is -2.17. The number of methoxy groups -OCH3 is 1. The lowest BCUT2D eigenvalue weighted by atomic mass is 9.95. The molecule has 1 amide bonds. The van der Waals surface area contributed by atoms with Crippen LogP contribution in [0.2, 0.25) is 0 Å². The summed E-state index contributed by atoms with van der Waals surface area (Å²) >= 11 is 0. The van der Waals surface area contributed by atoms with E-state index in [2.05, 4.69) is 12.2 Å². The molecule has 0 bridgehead atoms. The van der Waals surface area contributed by atoms with Crippen LogP contribution in [0, 0.1) is 0 Å². The van der Waals surface area contributed by atoms with Gasteiger partial charge in [-0.05, 0) is 18.1 Å². The van der Waals surface area contributed by atoms with Gasteiger partial charge in [-0.15, -0.1) is 0 Å². The van der Waals surface area contributed by atoms with E-state index in [1.807, 2.05) is 18.2 Å². The van der Waals surface area contributed by atoms with Crippen LogP contribution in [-0.4, -0.2) is 26.6 Å². The van der Waals surface area contributed by atoms with Crippen molar-refractivity contribution in [1.82, 2.24) is 5.32 Å². The van der Waals surface area contributed by atoms with Crippen LogP contribution in [-0.2, 0) is 11.2 Å². The molecule has 3 N–H and O–H groups in total. The van der Waals surface area contributed by atoms with Gasteiger partial charge in [0, 0.05) is 19.2 Å². The Kier molecular flexibility index (Phi) is 4.97. The molecule has 0 aliphatic heterocycles. The maximum absolute atomic E-state index is 11.8. The van der Waals surface area contributed by atoms with E-state index in [1.165, 1.54) is 5.56 Å². The number of carbonyl (C=O) groups excluding carboxylic acids is 1. The highest BCUT2D eigenvalue weighted by Crippen LogP contribution is 2.27. The van der Waals surface area contributed by atoms with Crippen LogP contribution in [0.5, 0.6) is 5.75 Å². The number of carbonyl (C=O) groups is 1. The molecule has 0 fully saturated rings. The number of likely N-dealkylation sites (N-methyl/N-ethyl adjacent to an activating group) is 1. The van der Waals surface area contributed by atoms with Gasteiger partial charge >= 0.3 is 0 Å². The molecular formula is C13H20N2O2. The molecule has 0 radical (unpaired) electrons. The summed E-state index contributed by atoms with van der Waals surface area (Å²) in [5.41, 5.74) is 7.70. The molecule has 1 unspecified atom stereocenters. The van der Waals surface area contributed by atoms with Gasteiger partial charge < -0.3 is 15.8 Å². The summed E-state index contributed by atoms with van der Waals surface area (Å²) in [6, 6.07) is 5.88. The predicted molar refractivity (Wildman–Crippen MR) is 68.2 cm³/mol. The van der Waals surface area contributed by atoms with Gasteiger partial charge in [-0.2, -0.15) is 0 Å². The lowest BCUT2D eigenvalue weighted by Crippen LogP contribution is -2.31. The standard InChI is InChI=1S/C13H20N2O2/c1-4-9-5-6-12(17-3)10(7-9)11(8-14)13(16)15-2/h5-7,11H,4,8,14H2,1-3H3,(H,15,16). The molecule has 4 nitrogen and oxygen atoms in total. The molecule has 94 valence electrons. The molecular weight excluding hydrogens is 216 g/mol. The predicted octanol–water partition coefficient (Wildman–Crippen LogP) is 1.05. The van der Waals surface area contributed by atoms with Gasteiger partial charge in [0.25, 0.3) is 0 Å². The van der Waals surface area contributed by atoms with E-state index in [-0.39, 0.29) is 18.4 Å². The first-order valence-electron chi connectivity index (χ1n) is 5.76. The number of ether oxygens (including phenoxy) is 1. The van der Waals surface area contributed by atoms with Crippen LogP contribution < -0.4 is 15.8 Å². The molecule has 0 saturated heterocycles. The van der Waals surface area contributed by atoms with Crippen molar-refractivity contribution < 1.29 is 9.53 Å². The van der Waals surface area contributed by atoms with Crippen molar-refractivity contribution in [1.29, 1.82) is 0 Å².